The van der Waals surface area contributed by atoms with E-state index in [9.17, 15) is 23.5 Å². The lowest BCUT2D eigenvalue weighted by Gasteiger charge is -2.03. The number of nitrogens with zero attached hydrogens (tertiary/aromatic N) is 1. The third kappa shape index (κ3) is 3.88. The van der Waals surface area contributed by atoms with Crippen molar-refractivity contribution >= 4 is 22.5 Å². The summed E-state index contributed by atoms with van der Waals surface area (Å²) in [6.07, 6.45) is -0.289. The molecule has 0 radical (unpaired) electrons. The minimum Gasteiger partial charge on any atom is -0.481 e. The average molecular weight is 275 g/mol. The van der Waals surface area contributed by atoms with Crippen LogP contribution in [0, 0.1) is 15.9 Å². The standard InChI is InChI=1S/C10H10FNO5S/c11-10-7(2-1-3-8(10)12(15)16)6-18(17)5-4-9(13)14/h1-3H,4-6H2,(H,13,14). The molecule has 1 aromatic rings. The molecule has 0 saturated heterocycles. The largest absolute Gasteiger partial charge is 0.481 e. The molecule has 0 aliphatic heterocycles. The van der Waals surface area contributed by atoms with Crippen LogP contribution in [0.5, 0.6) is 0 Å². The molecule has 18 heavy (non-hydrogen) atoms. The van der Waals surface area contributed by atoms with Gasteiger partial charge in [-0.25, -0.2) is 0 Å². The van der Waals surface area contributed by atoms with Crippen LogP contribution in [0.2, 0.25) is 0 Å². The Labute approximate surface area is 104 Å². The Morgan fingerprint density at radius 1 is 1.50 bits per heavy atom. The maximum atomic E-state index is 13.6. The van der Waals surface area contributed by atoms with Crippen LogP contribution in [0.15, 0.2) is 18.2 Å². The van der Waals surface area contributed by atoms with Gasteiger partial charge in [0.2, 0.25) is 5.82 Å². The number of rotatable bonds is 6. The summed E-state index contributed by atoms with van der Waals surface area (Å²) in [6.45, 7) is 0. The van der Waals surface area contributed by atoms with Crippen LogP contribution < -0.4 is 0 Å². The van der Waals surface area contributed by atoms with Crippen molar-refractivity contribution in [3.63, 3.8) is 0 Å². The third-order valence-electron chi connectivity index (χ3n) is 2.12. The molecule has 0 saturated carbocycles. The van der Waals surface area contributed by atoms with E-state index in [-0.39, 0.29) is 23.5 Å². The fourth-order valence-electron chi connectivity index (χ4n) is 1.27. The molecule has 1 atom stereocenters. The first-order valence-corrected chi connectivity index (χ1v) is 6.39. The molecule has 0 fully saturated rings. The Morgan fingerprint density at radius 3 is 2.72 bits per heavy atom. The number of hydrogen-bond donors (Lipinski definition) is 1. The Kier molecular flexibility index (Phi) is 4.90. The maximum absolute atomic E-state index is 13.6. The van der Waals surface area contributed by atoms with Crippen LogP contribution in [0.3, 0.4) is 0 Å². The molecule has 0 bridgehead atoms. The summed E-state index contributed by atoms with van der Waals surface area (Å²) in [4.78, 5) is 19.9. The summed E-state index contributed by atoms with van der Waals surface area (Å²) < 4.78 is 25.1. The number of nitro groups is 1. The minimum atomic E-state index is -1.57. The summed E-state index contributed by atoms with van der Waals surface area (Å²) in [6, 6.07) is 3.60. The van der Waals surface area contributed by atoms with E-state index in [1.807, 2.05) is 0 Å². The van der Waals surface area contributed by atoms with Gasteiger partial charge in [-0.15, -0.1) is 0 Å². The molecule has 0 amide bonds. The maximum Gasteiger partial charge on any atom is 0.305 e. The van der Waals surface area contributed by atoms with Crippen molar-refractivity contribution in [2.24, 2.45) is 0 Å². The highest BCUT2D eigenvalue weighted by atomic mass is 32.2. The highest BCUT2D eigenvalue weighted by Gasteiger charge is 2.18. The van der Waals surface area contributed by atoms with E-state index in [0.29, 0.717) is 0 Å². The quantitative estimate of drug-likeness (QED) is 0.626. The van der Waals surface area contributed by atoms with E-state index >= 15 is 0 Å². The van der Waals surface area contributed by atoms with E-state index in [0.717, 1.165) is 6.07 Å². The molecule has 1 aromatic carbocycles. The van der Waals surface area contributed by atoms with Crippen LogP contribution in [0.1, 0.15) is 12.0 Å². The molecule has 0 aliphatic rings. The second-order valence-corrected chi connectivity index (χ2v) is 5.02. The molecule has 6 nitrogen and oxygen atoms in total. The van der Waals surface area contributed by atoms with E-state index in [1.165, 1.54) is 12.1 Å². The topological polar surface area (TPSA) is 97.5 Å². The van der Waals surface area contributed by atoms with E-state index in [1.54, 1.807) is 0 Å². The van der Waals surface area contributed by atoms with Gasteiger partial charge in [0.05, 0.1) is 17.1 Å². The Hall–Kier alpha value is -1.83. The first-order valence-electron chi connectivity index (χ1n) is 4.90. The number of carboxylic acid groups (broad SMARTS) is 1. The Balaban J connectivity index is 2.79. The fraction of sp³-hybridized carbons (Fsp3) is 0.300. The molecule has 1 N–H and O–H groups in total. The van der Waals surface area contributed by atoms with Crippen LogP contribution >= 0.6 is 0 Å². The van der Waals surface area contributed by atoms with Gasteiger partial charge in [0.25, 0.3) is 0 Å². The Morgan fingerprint density at radius 2 is 2.17 bits per heavy atom. The summed E-state index contributed by atoms with van der Waals surface area (Å²) in [5.41, 5.74) is -0.726. The van der Waals surface area contributed by atoms with Gasteiger partial charge in [-0.05, 0) is 0 Å². The average Bonchev–Trinajstić information content (AvgIpc) is 2.29. The van der Waals surface area contributed by atoms with Gasteiger partial charge in [0, 0.05) is 28.2 Å². The van der Waals surface area contributed by atoms with Gasteiger partial charge in [0.1, 0.15) is 0 Å². The first-order chi connectivity index (χ1) is 8.41. The minimum absolute atomic E-state index is 0.0482. The smallest absolute Gasteiger partial charge is 0.305 e. The van der Waals surface area contributed by atoms with Gasteiger partial charge in [0.15, 0.2) is 0 Å². The van der Waals surface area contributed by atoms with Crippen molar-refractivity contribution in [1.29, 1.82) is 0 Å². The zero-order chi connectivity index (χ0) is 13.7. The van der Waals surface area contributed by atoms with Crippen molar-refractivity contribution in [3.8, 4) is 0 Å². The SMILES string of the molecule is O=C(O)CCS(=O)Cc1cccc([N+](=O)[O-])c1F. The Bertz CT molecular complexity index is 505. The monoisotopic (exact) mass is 275 g/mol. The molecule has 98 valence electrons. The highest BCUT2D eigenvalue weighted by molar-refractivity contribution is 7.84. The number of carboxylic acids is 1. The molecule has 1 rings (SSSR count). The van der Waals surface area contributed by atoms with Crippen LogP contribution in [0.25, 0.3) is 0 Å². The summed E-state index contributed by atoms with van der Waals surface area (Å²) in [7, 11) is -1.57. The summed E-state index contributed by atoms with van der Waals surface area (Å²) in [5.74, 6) is -2.47. The molecular formula is C10H10FNO5S. The lowest BCUT2D eigenvalue weighted by molar-refractivity contribution is -0.387. The predicted molar refractivity (Wildman–Crippen MR) is 62.0 cm³/mol. The third-order valence-corrected chi connectivity index (χ3v) is 3.41. The lowest BCUT2D eigenvalue weighted by Crippen LogP contribution is -2.08. The zero-order valence-corrected chi connectivity index (χ0v) is 9.98. The second kappa shape index (κ2) is 6.20. The van der Waals surface area contributed by atoms with Gasteiger partial charge >= 0.3 is 11.7 Å². The molecule has 0 aliphatic carbocycles. The number of nitro benzene ring substituents is 1. The summed E-state index contributed by atoms with van der Waals surface area (Å²) >= 11 is 0. The van der Waals surface area contributed by atoms with E-state index in [2.05, 4.69) is 0 Å². The second-order valence-electron chi connectivity index (χ2n) is 3.44. The van der Waals surface area contributed by atoms with Crippen molar-refractivity contribution in [1.82, 2.24) is 0 Å². The number of hydrogen-bond acceptors (Lipinski definition) is 4. The number of aliphatic carboxylic acids is 1. The van der Waals surface area contributed by atoms with E-state index in [4.69, 9.17) is 5.11 Å². The van der Waals surface area contributed by atoms with Crippen LogP contribution in [0.4, 0.5) is 10.1 Å². The van der Waals surface area contributed by atoms with Crippen molar-refractivity contribution in [2.45, 2.75) is 12.2 Å². The van der Waals surface area contributed by atoms with Gasteiger partial charge in [-0.3, -0.25) is 19.1 Å². The number of carbonyl (C=O) groups is 1. The fourth-order valence-corrected chi connectivity index (χ4v) is 2.38. The zero-order valence-electron chi connectivity index (χ0n) is 9.17. The van der Waals surface area contributed by atoms with Crippen LogP contribution in [-0.2, 0) is 21.3 Å². The first kappa shape index (κ1) is 14.2. The lowest BCUT2D eigenvalue weighted by atomic mass is 10.2. The molecule has 0 spiro atoms. The van der Waals surface area contributed by atoms with Crippen molar-refractivity contribution in [3.05, 3.63) is 39.7 Å². The van der Waals surface area contributed by atoms with Gasteiger partial charge in [-0.1, -0.05) is 12.1 Å². The van der Waals surface area contributed by atoms with Crippen LogP contribution in [-0.4, -0.2) is 26.0 Å². The molecule has 1 unspecified atom stereocenters. The molecule has 0 heterocycles. The normalized spacial score (nSPS) is 12.1. The van der Waals surface area contributed by atoms with E-state index < -0.39 is 33.2 Å². The van der Waals surface area contributed by atoms with Gasteiger partial charge < -0.3 is 5.11 Å². The number of benzene rings is 1. The predicted octanol–water partition coefficient (Wildman–Crippen LogP) is 1.46. The highest BCUT2D eigenvalue weighted by Crippen LogP contribution is 2.21. The number of halogens is 1. The molecular weight excluding hydrogens is 265 g/mol. The molecule has 0 aromatic heterocycles. The van der Waals surface area contributed by atoms with Crippen molar-refractivity contribution < 1.29 is 23.4 Å². The summed E-state index contributed by atoms with van der Waals surface area (Å²) in [5, 5.41) is 18.9. The van der Waals surface area contributed by atoms with Gasteiger partial charge in [-0.2, -0.15) is 4.39 Å². The molecule has 8 heteroatoms. The van der Waals surface area contributed by atoms with Crippen molar-refractivity contribution in [2.75, 3.05) is 5.75 Å².